The Morgan fingerprint density at radius 1 is 0.725 bits per heavy atom. The first-order valence-electron chi connectivity index (χ1n) is 12.9. The molecule has 0 aliphatic carbocycles. The highest BCUT2D eigenvalue weighted by molar-refractivity contribution is 5.94. The van der Waals surface area contributed by atoms with Gasteiger partial charge < -0.3 is 42.1 Å². The second kappa shape index (κ2) is 14.8. The van der Waals surface area contributed by atoms with Gasteiger partial charge in [0.15, 0.2) is 0 Å². The monoisotopic (exact) mass is 558 g/mol. The zero-order valence-electron chi connectivity index (χ0n) is 22.7. The highest BCUT2D eigenvalue weighted by Gasteiger charge is 2.33. The fraction of sp³-hybridized carbons (Fsp3) is 0.429. The fourth-order valence-electron chi connectivity index (χ4n) is 3.95. The SMILES string of the molecule is CC(C)CC(NC(=O)C(NC(=O)C(Cc1ccc(O)cc1)NC(=O)C(N)Cc1ccc(O)cc1)C(C)O)C(=O)O. The molecule has 218 valence electrons. The number of hydrogen-bond donors (Lipinski definition) is 8. The van der Waals surface area contributed by atoms with E-state index in [1.165, 1.54) is 31.2 Å². The summed E-state index contributed by atoms with van der Waals surface area (Å²) in [7, 11) is 0. The van der Waals surface area contributed by atoms with Crippen LogP contribution in [0.15, 0.2) is 48.5 Å². The highest BCUT2D eigenvalue weighted by atomic mass is 16.4. The van der Waals surface area contributed by atoms with Crippen LogP contribution in [0.5, 0.6) is 11.5 Å². The van der Waals surface area contributed by atoms with Crippen LogP contribution in [-0.4, -0.2) is 74.4 Å². The van der Waals surface area contributed by atoms with Crippen molar-refractivity contribution in [3.63, 3.8) is 0 Å². The molecule has 0 saturated heterocycles. The number of nitrogens with two attached hydrogens (primary N) is 1. The predicted octanol–water partition coefficient (Wildman–Crippen LogP) is 0.176. The predicted molar refractivity (Wildman–Crippen MR) is 146 cm³/mol. The number of hydrogen-bond acceptors (Lipinski definition) is 8. The molecular formula is C28H38N4O8. The Balaban J connectivity index is 2.21. The molecular weight excluding hydrogens is 520 g/mol. The average Bonchev–Trinajstić information content (AvgIpc) is 2.88. The number of phenols is 2. The van der Waals surface area contributed by atoms with Crippen LogP contribution >= 0.6 is 0 Å². The number of benzene rings is 2. The third kappa shape index (κ3) is 10.2. The number of aliphatic hydroxyl groups is 1. The molecule has 9 N–H and O–H groups in total. The van der Waals surface area contributed by atoms with Gasteiger partial charge in [-0.2, -0.15) is 0 Å². The number of carboxylic acids is 1. The first kappa shape index (κ1) is 32.1. The van der Waals surface area contributed by atoms with Crippen LogP contribution in [0.3, 0.4) is 0 Å². The number of nitrogens with one attached hydrogen (secondary N) is 3. The number of amides is 3. The summed E-state index contributed by atoms with van der Waals surface area (Å²) in [6.07, 6.45) is -1.17. The van der Waals surface area contributed by atoms with Crippen molar-refractivity contribution in [1.82, 2.24) is 16.0 Å². The van der Waals surface area contributed by atoms with Crippen LogP contribution in [0.4, 0.5) is 0 Å². The number of rotatable bonds is 14. The van der Waals surface area contributed by atoms with E-state index in [2.05, 4.69) is 16.0 Å². The minimum Gasteiger partial charge on any atom is -0.508 e. The molecule has 0 saturated carbocycles. The quantitative estimate of drug-likeness (QED) is 0.159. The topological polar surface area (TPSA) is 211 Å². The van der Waals surface area contributed by atoms with Gasteiger partial charge in [0.05, 0.1) is 12.1 Å². The summed E-state index contributed by atoms with van der Waals surface area (Å²) in [6, 6.07) is 7.05. The van der Waals surface area contributed by atoms with Gasteiger partial charge in [-0.25, -0.2) is 4.79 Å². The fourth-order valence-corrected chi connectivity index (χ4v) is 3.95. The lowest BCUT2D eigenvalue weighted by Gasteiger charge is -2.27. The summed E-state index contributed by atoms with van der Waals surface area (Å²) in [6.45, 7) is 4.85. The molecule has 2 aromatic rings. The van der Waals surface area contributed by atoms with Gasteiger partial charge in [-0.05, 0) is 61.1 Å². The van der Waals surface area contributed by atoms with Gasteiger partial charge >= 0.3 is 5.97 Å². The molecule has 0 bridgehead atoms. The van der Waals surface area contributed by atoms with Crippen molar-refractivity contribution in [2.75, 3.05) is 0 Å². The number of aliphatic hydroxyl groups excluding tert-OH is 1. The van der Waals surface area contributed by atoms with Crippen molar-refractivity contribution in [2.24, 2.45) is 11.7 Å². The first-order valence-corrected chi connectivity index (χ1v) is 12.9. The van der Waals surface area contributed by atoms with E-state index in [-0.39, 0.29) is 36.7 Å². The Morgan fingerprint density at radius 2 is 1.20 bits per heavy atom. The second-order valence-corrected chi connectivity index (χ2v) is 10.2. The van der Waals surface area contributed by atoms with Gasteiger partial charge in [0.1, 0.15) is 29.6 Å². The van der Waals surface area contributed by atoms with Gasteiger partial charge in [-0.15, -0.1) is 0 Å². The maximum atomic E-state index is 13.3. The molecule has 12 nitrogen and oxygen atoms in total. The van der Waals surface area contributed by atoms with Gasteiger partial charge in [0, 0.05) is 6.42 Å². The normalized spacial score (nSPS) is 14.8. The van der Waals surface area contributed by atoms with Crippen molar-refractivity contribution in [1.29, 1.82) is 0 Å². The number of aliphatic carboxylic acids is 1. The van der Waals surface area contributed by atoms with Crippen molar-refractivity contribution in [3.8, 4) is 11.5 Å². The molecule has 0 spiro atoms. The van der Waals surface area contributed by atoms with Crippen molar-refractivity contribution >= 4 is 23.7 Å². The smallest absolute Gasteiger partial charge is 0.326 e. The van der Waals surface area contributed by atoms with E-state index in [0.717, 1.165) is 0 Å². The Morgan fingerprint density at radius 3 is 1.65 bits per heavy atom. The molecule has 0 heterocycles. The van der Waals surface area contributed by atoms with E-state index in [1.54, 1.807) is 38.1 Å². The molecule has 0 aliphatic rings. The number of aromatic hydroxyl groups is 2. The maximum Gasteiger partial charge on any atom is 0.326 e. The van der Waals surface area contributed by atoms with Crippen molar-refractivity contribution in [3.05, 3.63) is 59.7 Å². The molecule has 3 amide bonds. The highest BCUT2D eigenvalue weighted by Crippen LogP contribution is 2.14. The van der Waals surface area contributed by atoms with Gasteiger partial charge in [-0.3, -0.25) is 14.4 Å². The van der Waals surface area contributed by atoms with E-state index in [9.17, 15) is 39.6 Å². The number of carbonyl (C=O) groups is 4. The standard InChI is InChI=1S/C28H38N4O8/c1-15(2)12-23(28(39)40)31-27(38)24(16(3)33)32-26(37)22(14-18-6-10-20(35)11-7-18)30-25(36)21(29)13-17-4-8-19(34)9-5-17/h4-11,15-16,21-24,33-35H,12-14,29H2,1-3H3,(H,30,36)(H,31,38)(H,32,37)(H,39,40). The molecule has 0 fully saturated rings. The van der Waals surface area contributed by atoms with Gasteiger partial charge in [0.2, 0.25) is 17.7 Å². The average molecular weight is 559 g/mol. The zero-order chi connectivity index (χ0) is 30.0. The van der Waals surface area contributed by atoms with E-state index in [1.807, 2.05) is 0 Å². The Bertz CT molecular complexity index is 1150. The number of carbonyl (C=O) groups excluding carboxylic acids is 3. The third-order valence-corrected chi connectivity index (χ3v) is 6.12. The molecule has 5 unspecified atom stereocenters. The number of phenolic OH excluding ortho intramolecular Hbond substituents is 2. The van der Waals surface area contributed by atoms with E-state index in [4.69, 9.17) is 5.73 Å². The summed E-state index contributed by atoms with van der Waals surface area (Å²) in [5.41, 5.74) is 7.33. The maximum absolute atomic E-state index is 13.3. The van der Waals surface area contributed by atoms with E-state index < -0.39 is 54.0 Å². The molecule has 2 rings (SSSR count). The lowest BCUT2D eigenvalue weighted by Crippen LogP contribution is -2.60. The van der Waals surface area contributed by atoms with Crippen molar-refractivity contribution < 1.29 is 39.6 Å². The molecule has 0 radical (unpaired) electrons. The lowest BCUT2D eigenvalue weighted by molar-refractivity contribution is -0.143. The van der Waals surface area contributed by atoms with Crippen LogP contribution in [0.25, 0.3) is 0 Å². The van der Waals surface area contributed by atoms with Crippen LogP contribution in [0, 0.1) is 5.92 Å². The summed E-state index contributed by atoms with van der Waals surface area (Å²) in [5, 5.41) is 46.1. The Kier molecular flexibility index (Phi) is 11.9. The molecule has 12 heteroatoms. The number of carboxylic acid groups (broad SMARTS) is 1. The first-order chi connectivity index (χ1) is 18.8. The van der Waals surface area contributed by atoms with Crippen LogP contribution < -0.4 is 21.7 Å². The van der Waals surface area contributed by atoms with E-state index in [0.29, 0.717) is 11.1 Å². The van der Waals surface area contributed by atoms with Crippen LogP contribution in [0.2, 0.25) is 0 Å². The summed E-state index contributed by atoms with van der Waals surface area (Å²) >= 11 is 0. The summed E-state index contributed by atoms with van der Waals surface area (Å²) < 4.78 is 0. The summed E-state index contributed by atoms with van der Waals surface area (Å²) in [4.78, 5) is 50.8. The zero-order valence-corrected chi connectivity index (χ0v) is 22.7. The Hall–Kier alpha value is -4.16. The third-order valence-electron chi connectivity index (χ3n) is 6.12. The molecule has 5 atom stereocenters. The van der Waals surface area contributed by atoms with E-state index >= 15 is 0 Å². The van der Waals surface area contributed by atoms with Crippen molar-refractivity contribution in [2.45, 2.75) is 70.3 Å². The molecule has 2 aromatic carbocycles. The minimum absolute atomic E-state index is 0.00456. The van der Waals surface area contributed by atoms with Crippen LogP contribution in [0.1, 0.15) is 38.3 Å². The molecule has 40 heavy (non-hydrogen) atoms. The largest absolute Gasteiger partial charge is 0.508 e. The minimum atomic E-state index is -1.51. The molecule has 0 aromatic heterocycles. The summed E-state index contributed by atoms with van der Waals surface area (Å²) in [5.74, 6) is -3.60. The lowest BCUT2D eigenvalue weighted by atomic mass is 10.0. The Labute approximate surface area is 232 Å². The van der Waals surface area contributed by atoms with Gasteiger partial charge in [0.25, 0.3) is 0 Å². The second-order valence-electron chi connectivity index (χ2n) is 10.2. The molecule has 0 aliphatic heterocycles. The van der Waals surface area contributed by atoms with Gasteiger partial charge in [-0.1, -0.05) is 38.1 Å². The van der Waals surface area contributed by atoms with Crippen LogP contribution in [-0.2, 0) is 32.0 Å².